The van der Waals surface area contributed by atoms with Crippen LogP contribution in [0, 0.1) is 11.3 Å². The fourth-order valence-corrected chi connectivity index (χ4v) is 2.48. The number of nitrogens with zero attached hydrogens (tertiary/aromatic N) is 3. The van der Waals surface area contributed by atoms with E-state index >= 15 is 0 Å². The van der Waals surface area contributed by atoms with Crippen LogP contribution in [0.15, 0.2) is 60.7 Å². The van der Waals surface area contributed by atoms with Gasteiger partial charge in [0.25, 0.3) is 0 Å². The number of hydrogen-bond acceptors (Lipinski definition) is 5. The van der Waals surface area contributed by atoms with Gasteiger partial charge in [-0.2, -0.15) is 10.2 Å². The maximum Gasteiger partial charge on any atom is 0.225 e. The first-order chi connectivity index (χ1) is 12.7. The lowest BCUT2D eigenvalue weighted by Crippen LogP contribution is -2.16. The van der Waals surface area contributed by atoms with E-state index in [1.807, 2.05) is 54.6 Å². The first kappa shape index (κ1) is 17.4. The van der Waals surface area contributed by atoms with Crippen molar-refractivity contribution in [2.24, 2.45) is 0 Å². The van der Waals surface area contributed by atoms with Gasteiger partial charge in [-0.05, 0) is 25.5 Å². The molecule has 26 heavy (non-hydrogen) atoms. The highest BCUT2D eigenvalue weighted by Crippen LogP contribution is 2.25. The number of nitriles is 1. The average molecular weight is 343 g/mol. The summed E-state index contributed by atoms with van der Waals surface area (Å²) < 4.78 is 0. The van der Waals surface area contributed by atoms with Crippen LogP contribution >= 0.6 is 0 Å². The normalized spacial score (nSPS) is 11.4. The van der Waals surface area contributed by atoms with Gasteiger partial charge in [0.05, 0.1) is 16.9 Å². The molecule has 3 rings (SSSR count). The Morgan fingerprint density at radius 3 is 2.50 bits per heavy atom. The van der Waals surface area contributed by atoms with E-state index < -0.39 is 0 Å². The molecule has 5 heteroatoms. The molecule has 1 heterocycles. The molecule has 0 saturated heterocycles. The van der Waals surface area contributed by atoms with Crippen LogP contribution in [-0.4, -0.2) is 16.0 Å². The van der Waals surface area contributed by atoms with Crippen LogP contribution in [0.4, 0.5) is 17.5 Å². The van der Waals surface area contributed by atoms with Gasteiger partial charge < -0.3 is 10.6 Å². The third kappa shape index (κ3) is 4.17. The molecule has 0 amide bonds. The smallest absolute Gasteiger partial charge is 0.225 e. The summed E-state index contributed by atoms with van der Waals surface area (Å²) in [5.41, 5.74) is 3.13. The third-order valence-corrected chi connectivity index (χ3v) is 4.09. The number of benzene rings is 2. The molecule has 0 radical (unpaired) electrons. The quantitative estimate of drug-likeness (QED) is 0.661. The van der Waals surface area contributed by atoms with Crippen LogP contribution in [0.5, 0.6) is 0 Å². The highest BCUT2D eigenvalue weighted by molar-refractivity contribution is 5.70. The number of rotatable bonds is 6. The van der Waals surface area contributed by atoms with E-state index in [2.05, 4.69) is 40.5 Å². The van der Waals surface area contributed by atoms with E-state index in [9.17, 15) is 5.26 Å². The summed E-state index contributed by atoms with van der Waals surface area (Å²) in [5.74, 6) is 1.21. The molecule has 0 aliphatic heterocycles. The van der Waals surface area contributed by atoms with E-state index in [1.165, 1.54) is 0 Å². The number of nitrogens with one attached hydrogen (secondary N) is 2. The molecule has 3 aromatic rings. The van der Waals surface area contributed by atoms with Gasteiger partial charge in [0.15, 0.2) is 0 Å². The highest BCUT2D eigenvalue weighted by Gasteiger charge is 2.10. The summed E-state index contributed by atoms with van der Waals surface area (Å²) in [4.78, 5) is 9.22. The number of para-hydroxylation sites is 1. The van der Waals surface area contributed by atoms with Gasteiger partial charge in [0.2, 0.25) is 5.95 Å². The van der Waals surface area contributed by atoms with Gasteiger partial charge in [-0.25, -0.2) is 4.98 Å². The minimum absolute atomic E-state index is 0.264. The van der Waals surface area contributed by atoms with Crippen LogP contribution in [0.25, 0.3) is 11.3 Å². The molecule has 0 unspecified atom stereocenters. The first-order valence-corrected chi connectivity index (χ1v) is 8.66. The monoisotopic (exact) mass is 343 g/mol. The molecule has 0 bridgehead atoms. The van der Waals surface area contributed by atoms with Crippen molar-refractivity contribution in [3.8, 4) is 17.3 Å². The minimum atomic E-state index is 0.264. The summed E-state index contributed by atoms with van der Waals surface area (Å²) in [7, 11) is 0. The Hall–Kier alpha value is -3.39. The lowest BCUT2D eigenvalue weighted by Gasteiger charge is -2.15. The van der Waals surface area contributed by atoms with Gasteiger partial charge >= 0.3 is 0 Å². The van der Waals surface area contributed by atoms with E-state index in [4.69, 9.17) is 0 Å². The molecule has 1 atom stereocenters. The molecule has 2 aromatic carbocycles. The van der Waals surface area contributed by atoms with Crippen molar-refractivity contribution >= 4 is 17.5 Å². The third-order valence-electron chi connectivity index (χ3n) is 4.09. The van der Waals surface area contributed by atoms with Crippen LogP contribution < -0.4 is 10.6 Å². The molecule has 0 fully saturated rings. The van der Waals surface area contributed by atoms with Crippen LogP contribution in [0.2, 0.25) is 0 Å². The van der Waals surface area contributed by atoms with Crippen molar-refractivity contribution in [1.29, 1.82) is 5.26 Å². The molecule has 2 N–H and O–H groups in total. The molecule has 0 aliphatic rings. The summed E-state index contributed by atoms with van der Waals surface area (Å²) in [6.45, 7) is 4.21. The Kier molecular flexibility index (Phi) is 5.45. The summed E-state index contributed by atoms with van der Waals surface area (Å²) in [5, 5.41) is 15.9. The Labute approximate surface area is 153 Å². The molecular formula is C21H21N5. The number of aromatic nitrogens is 2. The van der Waals surface area contributed by atoms with Gasteiger partial charge in [-0.3, -0.25) is 0 Å². The van der Waals surface area contributed by atoms with Crippen molar-refractivity contribution in [2.45, 2.75) is 26.3 Å². The van der Waals surface area contributed by atoms with Gasteiger partial charge in [-0.1, -0.05) is 49.4 Å². The van der Waals surface area contributed by atoms with Gasteiger partial charge in [0, 0.05) is 17.7 Å². The van der Waals surface area contributed by atoms with E-state index in [0.29, 0.717) is 17.3 Å². The second-order valence-electron chi connectivity index (χ2n) is 6.06. The molecular weight excluding hydrogens is 322 g/mol. The van der Waals surface area contributed by atoms with Crippen LogP contribution in [-0.2, 0) is 0 Å². The lowest BCUT2D eigenvalue weighted by molar-refractivity contribution is 0.753. The van der Waals surface area contributed by atoms with E-state index in [0.717, 1.165) is 23.4 Å². The highest BCUT2D eigenvalue weighted by atomic mass is 15.2. The largest absolute Gasteiger partial charge is 0.352 e. The maximum atomic E-state index is 9.30. The molecule has 0 aliphatic carbocycles. The van der Waals surface area contributed by atoms with Crippen LogP contribution in [0.3, 0.4) is 0 Å². The van der Waals surface area contributed by atoms with Gasteiger partial charge in [-0.15, -0.1) is 0 Å². The lowest BCUT2D eigenvalue weighted by atomic mass is 10.1. The second-order valence-corrected chi connectivity index (χ2v) is 6.06. The van der Waals surface area contributed by atoms with Crippen molar-refractivity contribution in [3.63, 3.8) is 0 Å². The fraction of sp³-hybridized carbons (Fsp3) is 0.190. The zero-order valence-electron chi connectivity index (χ0n) is 14.9. The first-order valence-electron chi connectivity index (χ1n) is 8.66. The molecule has 0 spiro atoms. The molecule has 5 nitrogen and oxygen atoms in total. The van der Waals surface area contributed by atoms with E-state index in [-0.39, 0.29) is 6.04 Å². The summed E-state index contributed by atoms with van der Waals surface area (Å²) >= 11 is 0. The summed E-state index contributed by atoms with van der Waals surface area (Å²) in [6.07, 6.45) is 0.971. The van der Waals surface area contributed by atoms with Crippen molar-refractivity contribution in [2.75, 3.05) is 10.6 Å². The predicted molar refractivity (Wildman–Crippen MR) is 105 cm³/mol. The van der Waals surface area contributed by atoms with Crippen molar-refractivity contribution < 1.29 is 0 Å². The zero-order chi connectivity index (χ0) is 18.4. The minimum Gasteiger partial charge on any atom is -0.352 e. The van der Waals surface area contributed by atoms with Crippen molar-refractivity contribution in [1.82, 2.24) is 9.97 Å². The zero-order valence-corrected chi connectivity index (χ0v) is 14.9. The number of anilines is 3. The maximum absolute atomic E-state index is 9.30. The Morgan fingerprint density at radius 2 is 1.77 bits per heavy atom. The Bertz CT molecular complexity index is 915. The van der Waals surface area contributed by atoms with Gasteiger partial charge in [0.1, 0.15) is 11.9 Å². The molecule has 1 aromatic heterocycles. The molecule has 130 valence electrons. The second kappa shape index (κ2) is 8.13. The topological polar surface area (TPSA) is 73.6 Å². The van der Waals surface area contributed by atoms with Crippen LogP contribution in [0.1, 0.15) is 25.8 Å². The average Bonchev–Trinajstić information content (AvgIpc) is 2.69. The molecule has 0 saturated carbocycles. The predicted octanol–water partition coefficient (Wildman–Crippen LogP) is 4.97. The Balaban J connectivity index is 2.01. The fourth-order valence-electron chi connectivity index (χ4n) is 2.48. The van der Waals surface area contributed by atoms with E-state index in [1.54, 1.807) is 6.07 Å². The number of hydrogen-bond donors (Lipinski definition) is 2. The Morgan fingerprint density at radius 1 is 1.04 bits per heavy atom. The van der Waals surface area contributed by atoms with Crippen molar-refractivity contribution in [3.05, 3.63) is 66.2 Å². The standard InChI is InChI=1S/C21H21N5/c1-3-15(2)23-21-25-19(16-9-5-4-6-10-16)13-20(26-21)24-18-12-8-7-11-17(18)14-22/h4-13,15H,3H2,1-2H3,(H2,23,24,25,26)/t15-/m0/s1. The summed E-state index contributed by atoms with van der Waals surface area (Å²) in [6, 6.07) is 21.7. The SMILES string of the molecule is CC[C@H](C)Nc1nc(Nc2ccccc2C#N)cc(-c2ccccc2)n1.